The third-order valence-corrected chi connectivity index (χ3v) is 3.77. The smallest absolute Gasteiger partial charge is 0.372 e. The van der Waals surface area contributed by atoms with Gasteiger partial charge in [0, 0.05) is 19.5 Å². The van der Waals surface area contributed by atoms with Gasteiger partial charge in [-0.05, 0) is 18.9 Å². The minimum Gasteiger partial charge on any atom is -0.372 e. The Morgan fingerprint density at radius 3 is 3.00 bits per heavy atom. The van der Waals surface area contributed by atoms with E-state index in [-0.39, 0.29) is 18.2 Å². The fourth-order valence-corrected chi connectivity index (χ4v) is 2.57. The summed E-state index contributed by atoms with van der Waals surface area (Å²) in [5.41, 5.74) is 1.27. The molecule has 1 fully saturated rings. The van der Waals surface area contributed by atoms with Gasteiger partial charge in [-0.1, -0.05) is 0 Å². The molecule has 2 aromatic rings. The average molecular weight is 372 g/mol. The van der Waals surface area contributed by atoms with Crippen molar-refractivity contribution in [3.63, 3.8) is 0 Å². The van der Waals surface area contributed by atoms with E-state index in [1.54, 1.807) is 6.07 Å². The molecular weight excluding hydrogens is 355 g/mol. The quantitative estimate of drug-likeness (QED) is 0.810. The summed E-state index contributed by atoms with van der Waals surface area (Å²) in [5.74, 6) is -0.149. The second-order valence-corrected chi connectivity index (χ2v) is 5.70. The van der Waals surface area contributed by atoms with Crippen LogP contribution in [0.15, 0.2) is 12.1 Å². The Hall–Kier alpha value is -2.40. The number of nitrogens with zero attached hydrogens (tertiary/aromatic N) is 3. The van der Waals surface area contributed by atoms with E-state index in [4.69, 9.17) is 4.74 Å². The van der Waals surface area contributed by atoms with Crippen LogP contribution in [-0.4, -0.2) is 45.5 Å². The fourth-order valence-electron chi connectivity index (χ4n) is 2.57. The summed E-state index contributed by atoms with van der Waals surface area (Å²) in [6.07, 6.45) is -2.09. The minimum absolute atomic E-state index is 0.0668. The number of carbonyl (C=O) groups excluding carboxylic acids is 1. The van der Waals surface area contributed by atoms with Gasteiger partial charge in [-0.3, -0.25) is 19.3 Å². The molecular formula is C15H17F3N5O3. The zero-order valence-corrected chi connectivity index (χ0v) is 13.8. The maximum absolute atomic E-state index is 12.3. The number of rotatable bonds is 6. The Balaban J connectivity index is 1.59. The summed E-state index contributed by atoms with van der Waals surface area (Å²) in [6, 6.07) is 3.09. The molecule has 141 valence electrons. The topological polar surface area (TPSA) is 94.1 Å². The number of hydrogen-bond donors (Lipinski definition) is 2. The largest absolute Gasteiger partial charge is 0.522 e. The number of aromatic nitrogens is 4. The predicted octanol–water partition coefficient (Wildman–Crippen LogP) is 2.14. The zero-order valence-electron chi connectivity index (χ0n) is 13.8. The van der Waals surface area contributed by atoms with E-state index in [0.29, 0.717) is 18.1 Å². The number of aryl methyl sites for hydroxylation is 1. The van der Waals surface area contributed by atoms with Crippen molar-refractivity contribution >= 4 is 11.7 Å². The van der Waals surface area contributed by atoms with Gasteiger partial charge in [0.2, 0.25) is 0 Å². The highest BCUT2D eigenvalue weighted by Crippen LogP contribution is 2.27. The number of hydrogen-bond acceptors (Lipinski definition) is 5. The lowest BCUT2D eigenvalue weighted by molar-refractivity contribution is -0.324. The molecule has 2 N–H and O–H groups in total. The van der Waals surface area contributed by atoms with Crippen LogP contribution < -0.4 is 5.32 Å². The van der Waals surface area contributed by atoms with Gasteiger partial charge in [0.25, 0.3) is 5.91 Å². The Kier molecular flexibility index (Phi) is 5.28. The molecule has 1 aliphatic rings. The zero-order chi connectivity index (χ0) is 18.7. The van der Waals surface area contributed by atoms with Crippen LogP contribution in [0.1, 0.15) is 34.4 Å². The number of alkyl halides is 3. The van der Waals surface area contributed by atoms with E-state index in [0.717, 1.165) is 12.1 Å². The predicted molar refractivity (Wildman–Crippen MR) is 83.1 cm³/mol. The van der Waals surface area contributed by atoms with Gasteiger partial charge in [0.1, 0.15) is 5.69 Å². The molecule has 11 heteroatoms. The Morgan fingerprint density at radius 1 is 1.50 bits per heavy atom. The molecule has 1 atom stereocenters. The number of amides is 1. The lowest BCUT2D eigenvalue weighted by Gasteiger charge is -2.05. The summed E-state index contributed by atoms with van der Waals surface area (Å²) >= 11 is 0. The number of carbonyl (C=O) groups is 1. The van der Waals surface area contributed by atoms with Crippen molar-refractivity contribution in [3.05, 3.63) is 35.6 Å². The Morgan fingerprint density at radius 2 is 2.31 bits per heavy atom. The van der Waals surface area contributed by atoms with Gasteiger partial charge < -0.3 is 10.1 Å². The second kappa shape index (κ2) is 7.46. The van der Waals surface area contributed by atoms with Gasteiger partial charge in [0.05, 0.1) is 30.7 Å². The summed E-state index contributed by atoms with van der Waals surface area (Å²) in [6.45, 7) is 0.00390. The van der Waals surface area contributed by atoms with Crippen molar-refractivity contribution in [2.24, 2.45) is 7.05 Å². The minimum atomic E-state index is -4.69. The standard InChI is InChI=1S/C15H17F3N5O3/c1-23-11(7-9(22-23)4-6-26-15(16,17)18)14(24)19-13-8-10(20-21-13)12-3-2-5-25-12/h2,7-8,12H,3-6H2,1H3,(H2,19,20,21,24)/t12-/m0/s1. The van der Waals surface area contributed by atoms with Gasteiger partial charge in [-0.15, -0.1) is 13.2 Å². The Labute approximate surface area is 146 Å². The first-order valence-corrected chi connectivity index (χ1v) is 7.85. The van der Waals surface area contributed by atoms with Gasteiger partial charge >= 0.3 is 6.36 Å². The molecule has 26 heavy (non-hydrogen) atoms. The highest BCUT2D eigenvalue weighted by Gasteiger charge is 2.29. The molecule has 0 bridgehead atoms. The van der Waals surface area contributed by atoms with Crippen LogP contribution >= 0.6 is 0 Å². The molecule has 2 aromatic heterocycles. The monoisotopic (exact) mass is 372 g/mol. The second-order valence-electron chi connectivity index (χ2n) is 5.70. The third kappa shape index (κ3) is 4.61. The summed E-state index contributed by atoms with van der Waals surface area (Å²) in [4.78, 5) is 12.3. The normalized spacial score (nSPS) is 17.6. The fraction of sp³-hybridized carbons (Fsp3) is 0.467. The van der Waals surface area contributed by atoms with Crippen LogP contribution in [0.2, 0.25) is 0 Å². The highest BCUT2D eigenvalue weighted by molar-refractivity contribution is 6.02. The number of nitrogens with one attached hydrogen (secondary N) is 2. The van der Waals surface area contributed by atoms with Crippen LogP contribution in [0, 0.1) is 6.42 Å². The van der Waals surface area contributed by atoms with E-state index in [9.17, 15) is 18.0 Å². The molecule has 0 spiro atoms. The molecule has 0 aromatic carbocycles. The first kappa shape index (κ1) is 18.4. The van der Waals surface area contributed by atoms with Gasteiger partial charge in [-0.25, -0.2) is 0 Å². The summed E-state index contributed by atoms with van der Waals surface area (Å²) in [7, 11) is 1.53. The molecule has 1 amide bonds. The molecule has 8 nitrogen and oxygen atoms in total. The lowest BCUT2D eigenvalue weighted by Crippen LogP contribution is -2.16. The van der Waals surface area contributed by atoms with Crippen molar-refractivity contribution in [3.8, 4) is 0 Å². The molecule has 0 unspecified atom stereocenters. The number of anilines is 1. The first-order valence-electron chi connectivity index (χ1n) is 7.85. The molecule has 1 radical (unpaired) electrons. The summed E-state index contributed by atoms with van der Waals surface area (Å²) < 4.78 is 46.5. The number of halogens is 3. The molecule has 3 heterocycles. The van der Waals surface area contributed by atoms with Crippen molar-refractivity contribution in [2.45, 2.75) is 25.3 Å². The Bertz CT molecular complexity index is 765. The van der Waals surface area contributed by atoms with E-state index in [1.807, 2.05) is 6.42 Å². The molecule has 3 rings (SSSR count). The molecule has 0 saturated carbocycles. The number of H-pyrrole nitrogens is 1. The van der Waals surface area contributed by atoms with Gasteiger partial charge in [0.15, 0.2) is 5.82 Å². The molecule has 1 aliphatic heterocycles. The van der Waals surface area contributed by atoms with Crippen LogP contribution in [-0.2, 0) is 22.9 Å². The average Bonchev–Trinajstić information content (AvgIpc) is 3.26. The van der Waals surface area contributed by atoms with Crippen molar-refractivity contribution < 1.29 is 27.4 Å². The van der Waals surface area contributed by atoms with Crippen molar-refractivity contribution in [1.82, 2.24) is 20.0 Å². The maximum atomic E-state index is 12.3. The first-order chi connectivity index (χ1) is 12.3. The lowest BCUT2D eigenvalue weighted by atomic mass is 10.2. The molecule has 1 saturated heterocycles. The number of aromatic amines is 1. The van der Waals surface area contributed by atoms with E-state index in [2.05, 4.69) is 25.3 Å². The van der Waals surface area contributed by atoms with Crippen LogP contribution in [0.5, 0.6) is 0 Å². The highest BCUT2D eigenvalue weighted by atomic mass is 19.4. The van der Waals surface area contributed by atoms with Crippen LogP contribution in [0.25, 0.3) is 0 Å². The van der Waals surface area contributed by atoms with Crippen LogP contribution in [0.3, 0.4) is 0 Å². The third-order valence-electron chi connectivity index (χ3n) is 3.77. The van der Waals surface area contributed by atoms with Gasteiger partial charge in [-0.2, -0.15) is 10.2 Å². The maximum Gasteiger partial charge on any atom is 0.522 e. The van der Waals surface area contributed by atoms with E-state index >= 15 is 0 Å². The molecule has 0 aliphatic carbocycles. The van der Waals surface area contributed by atoms with Crippen molar-refractivity contribution in [1.29, 1.82) is 0 Å². The summed E-state index contributed by atoms with van der Waals surface area (Å²) in [5, 5.41) is 13.5. The van der Waals surface area contributed by atoms with Crippen molar-refractivity contribution in [2.75, 3.05) is 18.5 Å². The van der Waals surface area contributed by atoms with E-state index in [1.165, 1.54) is 17.8 Å². The van der Waals surface area contributed by atoms with Crippen LogP contribution in [0.4, 0.5) is 19.0 Å². The number of ether oxygens (including phenoxy) is 2. The SMILES string of the molecule is Cn1nc(CCOC(F)(F)F)cc1C(=O)Nc1cc([C@@H]2C[CH]CO2)[nH]n1. The van der Waals surface area contributed by atoms with E-state index < -0.39 is 18.9 Å².